The molecule has 1 amide bonds. The quantitative estimate of drug-likeness (QED) is 0.508. The summed E-state index contributed by atoms with van der Waals surface area (Å²) < 4.78 is 47.6. The monoisotopic (exact) mass is 424 g/mol. The number of furan rings is 1. The Labute approximate surface area is 174 Å². The van der Waals surface area contributed by atoms with Gasteiger partial charge in [0.15, 0.2) is 5.69 Å². The standard InChI is InChI=1S/C22H15F3N4O2/c23-22(24,25)20-16-8-9-17-15(10-12-31-17)19(16)29(28-20)14-6-4-13(5-7-14)21(30)27-18-3-1-2-11-26-18/h1-7,10-12H,8-9H2,(H,26,27,30). The third-order valence-electron chi connectivity index (χ3n) is 5.14. The van der Waals surface area contributed by atoms with E-state index in [0.717, 1.165) is 0 Å². The number of anilines is 1. The lowest BCUT2D eigenvalue weighted by atomic mass is 9.94. The van der Waals surface area contributed by atoms with Crippen molar-refractivity contribution in [3.05, 3.63) is 83.6 Å². The third kappa shape index (κ3) is 3.37. The van der Waals surface area contributed by atoms with Gasteiger partial charge in [0, 0.05) is 29.3 Å². The number of amides is 1. The van der Waals surface area contributed by atoms with Crippen molar-refractivity contribution in [3.63, 3.8) is 0 Å². The van der Waals surface area contributed by atoms with Crippen molar-refractivity contribution in [1.82, 2.24) is 14.8 Å². The van der Waals surface area contributed by atoms with Crippen LogP contribution in [0.4, 0.5) is 19.0 Å². The molecule has 1 aliphatic carbocycles. The second-order valence-corrected chi connectivity index (χ2v) is 7.06. The van der Waals surface area contributed by atoms with E-state index in [-0.39, 0.29) is 17.9 Å². The van der Waals surface area contributed by atoms with E-state index >= 15 is 0 Å². The van der Waals surface area contributed by atoms with E-state index in [9.17, 15) is 18.0 Å². The minimum atomic E-state index is -4.57. The predicted molar refractivity (Wildman–Crippen MR) is 106 cm³/mol. The number of aromatic nitrogens is 3. The fraction of sp³-hybridized carbons (Fsp3) is 0.136. The Balaban J connectivity index is 1.53. The van der Waals surface area contributed by atoms with E-state index in [0.29, 0.717) is 40.5 Å². The fourth-order valence-corrected chi connectivity index (χ4v) is 3.74. The topological polar surface area (TPSA) is 73.0 Å². The van der Waals surface area contributed by atoms with Crippen LogP contribution in [0.3, 0.4) is 0 Å². The van der Waals surface area contributed by atoms with Crippen molar-refractivity contribution < 1.29 is 22.4 Å². The maximum atomic E-state index is 13.6. The van der Waals surface area contributed by atoms with Crippen LogP contribution >= 0.6 is 0 Å². The Morgan fingerprint density at radius 3 is 2.58 bits per heavy atom. The molecule has 9 heteroatoms. The molecule has 5 rings (SSSR count). The summed E-state index contributed by atoms with van der Waals surface area (Å²) in [7, 11) is 0. The number of benzene rings is 1. The van der Waals surface area contributed by atoms with Gasteiger partial charge < -0.3 is 9.73 Å². The van der Waals surface area contributed by atoms with Crippen molar-refractivity contribution in [2.75, 3.05) is 5.32 Å². The summed E-state index contributed by atoms with van der Waals surface area (Å²) in [4.78, 5) is 16.5. The van der Waals surface area contributed by atoms with Gasteiger partial charge >= 0.3 is 6.18 Å². The highest BCUT2D eigenvalue weighted by molar-refractivity contribution is 6.03. The molecule has 3 aromatic heterocycles. The smallest absolute Gasteiger partial charge is 0.435 e. The summed E-state index contributed by atoms with van der Waals surface area (Å²) >= 11 is 0. The number of halogens is 3. The van der Waals surface area contributed by atoms with Crippen LogP contribution in [0.2, 0.25) is 0 Å². The fourth-order valence-electron chi connectivity index (χ4n) is 3.74. The van der Waals surface area contributed by atoms with Crippen LogP contribution in [-0.4, -0.2) is 20.7 Å². The molecule has 156 valence electrons. The van der Waals surface area contributed by atoms with E-state index in [1.54, 1.807) is 42.6 Å². The van der Waals surface area contributed by atoms with Gasteiger partial charge in [-0.05, 0) is 48.9 Å². The molecular weight excluding hydrogens is 409 g/mol. The average Bonchev–Trinajstić information content (AvgIpc) is 3.38. The molecule has 0 fully saturated rings. The highest BCUT2D eigenvalue weighted by Gasteiger charge is 2.41. The van der Waals surface area contributed by atoms with E-state index in [2.05, 4.69) is 15.4 Å². The van der Waals surface area contributed by atoms with Crippen LogP contribution in [0.25, 0.3) is 16.9 Å². The molecule has 0 radical (unpaired) electrons. The van der Waals surface area contributed by atoms with Crippen LogP contribution < -0.4 is 5.32 Å². The molecular formula is C22H15F3N4O2. The summed E-state index contributed by atoms with van der Waals surface area (Å²) in [5.74, 6) is 0.662. The molecule has 6 nitrogen and oxygen atoms in total. The predicted octanol–water partition coefficient (Wildman–Crippen LogP) is 4.90. The maximum absolute atomic E-state index is 13.6. The molecule has 31 heavy (non-hydrogen) atoms. The van der Waals surface area contributed by atoms with Gasteiger partial charge in [-0.2, -0.15) is 18.3 Å². The maximum Gasteiger partial charge on any atom is 0.435 e. The molecule has 0 saturated heterocycles. The molecule has 0 spiro atoms. The zero-order chi connectivity index (χ0) is 21.6. The Kier molecular flexibility index (Phi) is 4.39. The minimum absolute atomic E-state index is 0.151. The van der Waals surface area contributed by atoms with Gasteiger partial charge in [-0.25, -0.2) is 9.67 Å². The first kappa shape index (κ1) is 19.1. The largest absolute Gasteiger partial charge is 0.469 e. The van der Waals surface area contributed by atoms with Crippen LogP contribution in [0, 0.1) is 0 Å². The number of pyridine rings is 1. The van der Waals surface area contributed by atoms with Gasteiger partial charge in [-0.15, -0.1) is 0 Å². The van der Waals surface area contributed by atoms with Crippen LogP contribution in [-0.2, 0) is 19.0 Å². The summed E-state index contributed by atoms with van der Waals surface area (Å²) in [6, 6.07) is 13.0. The lowest BCUT2D eigenvalue weighted by molar-refractivity contribution is -0.142. The number of nitrogens with one attached hydrogen (secondary N) is 1. The number of nitrogens with zero attached hydrogens (tertiary/aromatic N) is 3. The number of alkyl halides is 3. The molecule has 1 aliphatic rings. The first-order valence-electron chi connectivity index (χ1n) is 9.50. The number of aryl methyl sites for hydroxylation is 1. The van der Waals surface area contributed by atoms with Crippen LogP contribution in [0.1, 0.15) is 27.4 Å². The highest BCUT2D eigenvalue weighted by atomic mass is 19.4. The van der Waals surface area contributed by atoms with Crippen molar-refractivity contribution in [1.29, 1.82) is 0 Å². The van der Waals surface area contributed by atoms with Crippen molar-refractivity contribution in [2.24, 2.45) is 0 Å². The molecule has 0 bridgehead atoms. The first-order chi connectivity index (χ1) is 14.9. The molecule has 1 aromatic carbocycles. The molecule has 3 heterocycles. The Bertz CT molecular complexity index is 1260. The molecule has 0 aliphatic heterocycles. The van der Waals surface area contributed by atoms with Gasteiger partial charge in [0.2, 0.25) is 0 Å². The zero-order valence-electron chi connectivity index (χ0n) is 16.0. The van der Waals surface area contributed by atoms with Gasteiger partial charge in [0.05, 0.1) is 17.6 Å². The SMILES string of the molecule is O=C(Nc1ccccn1)c1ccc(-n2nc(C(F)(F)F)c3c2-c2ccoc2CC3)cc1. The molecule has 0 atom stereocenters. The first-order valence-corrected chi connectivity index (χ1v) is 9.50. The second kappa shape index (κ2) is 7.12. The number of carbonyl (C=O) groups is 1. The van der Waals surface area contributed by atoms with Crippen LogP contribution in [0.5, 0.6) is 0 Å². The summed E-state index contributed by atoms with van der Waals surface area (Å²) in [5, 5.41) is 6.56. The van der Waals surface area contributed by atoms with Gasteiger partial charge in [-0.3, -0.25) is 4.79 Å². The molecule has 1 N–H and O–H groups in total. The van der Waals surface area contributed by atoms with Crippen LogP contribution in [0.15, 0.2) is 65.4 Å². The lowest BCUT2D eigenvalue weighted by Crippen LogP contribution is -2.13. The summed E-state index contributed by atoms with van der Waals surface area (Å²) in [6.07, 6.45) is -0.970. The van der Waals surface area contributed by atoms with E-state index in [1.165, 1.54) is 23.1 Å². The van der Waals surface area contributed by atoms with Gasteiger partial charge in [0.25, 0.3) is 5.91 Å². The molecule has 0 saturated carbocycles. The van der Waals surface area contributed by atoms with Crippen molar-refractivity contribution in [2.45, 2.75) is 19.0 Å². The second-order valence-electron chi connectivity index (χ2n) is 7.06. The average molecular weight is 424 g/mol. The van der Waals surface area contributed by atoms with Gasteiger partial charge in [-0.1, -0.05) is 6.07 Å². The van der Waals surface area contributed by atoms with Crippen molar-refractivity contribution in [3.8, 4) is 16.9 Å². The number of hydrogen-bond donors (Lipinski definition) is 1. The van der Waals surface area contributed by atoms with E-state index in [1.807, 2.05) is 0 Å². The number of fused-ring (bicyclic) bond motifs is 3. The van der Waals surface area contributed by atoms with E-state index < -0.39 is 11.9 Å². The Hall–Kier alpha value is -3.88. The highest BCUT2D eigenvalue weighted by Crippen LogP contribution is 2.42. The summed E-state index contributed by atoms with van der Waals surface area (Å²) in [5.41, 5.74) is 0.976. The van der Waals surface area contributed by atoms with Gasteiger partial charge in [0.1, 0.15) is 11.6 Å². The van der Waals surface area contributed by atoms with Crippen molar-refractivity contribution >= 4 is 11.7 Å². The number of rotatable bonds is 3. The normalized spacial score (nSPS) is 12.9. The molecule has 0 unspecified atom stereocenters. The number of carbonyl (C=O) groups excluding carboxylic acids is 1. The third-order valence-corrected chi connectivity index (χ3v) is 5.14. The number of hydrogen-bond acceptors (Lipinski definition) is 4. The Morgan fingerprint density at radius 1 is 1.06 bits per heavy atom. The summed E-state index contributed by atoms with van der Waals surface area (Å²) in [6.45, 7) is 0. The van der Waals surface area contributed by atoms with E-state index in [4.69, 9.17) is 4.42 Å². The minimum Gasteiger partial charge on any atom is -0.469 e. The Morgan fingerprint density at radius 2 is 1.87 bits per heavy atom. The zero-order valence-corrected chi connectivity index (χ0v) is 16.0. The molecule has 4 aromatic rings. The lowest BCUT2D eigenvalue weighted by Gasteiger charge is -2.15.